The second-order valence-electron chi connectivity index (χ2n) is 6.89. The molecule has 0 spiro atoms. The van der Waals surface area contributed by atoms with Crippen LogP contribution >= 0.6 is 0 Å². The molecule has 0 amide bonds. The number of quaternary nitrogens is 1. The summed E-state index contributed by atoms with van der Waals surface area (Å²) in [6, 6.07) is 0. The summed E-state index contributed by atoms with van der Waals surface area (Å²) in [4.78, 5) is 10.8. The molecule has 0 aliphatic rings. The topological polar surface area (TPSA) is 56.7 Å². The van der Waals surface area contributed by atoms with Crippen LogP contribution in [-0.2, 0) is 4.79 Å². The highest BCUT2D eigenvalue weighted by Crippen LogP contribution is 2.11. The maximum atomic E-state index is 10.8. The molecule has 0 aliphatic heterocycles. The molecular weight excluding hydrogens is 333 g/mol. The number of hydrogen-bond acceptors (Lipinski definition) is 2. The first kappa shape index (κ1) is 27.8. The molecule has 0 aromatic carbocycles. The van der Waals surface area contributed by atoms with Crippen LogP contribution < -0.4 is 35.2 Å². The number of rotatable bonds is 15. The molecule has 0 heterocycles. The highest BCUT2D eigenvalue weighted by molar-refractivity contribution is 5.73. The molecule has 0 radical (unpaired) electrons. The van der Waals surface area contributed by atoms with Crippen LogP contribution in [0.3, 0.4) is 0 Å². The molecule has 0 bridgehead atoms. The molecule has 0 unspecified atom stereocenters. The van der Waals surface area contributed by atoms with Crippen molar-refractivity contribution < 1.29 is 40.0 Å². The predicted molar refractivity (Wildman–Crippen MR) is 87.0 cm³/mol. The molecule has 0 saturated carbocycles. The summed E-state index contributed by atoms with van der Waals surface area (Å²) in [7, 11) is 0. The first-order valence-corrected chi connectivity index (χ1v) is 9.06. The van der Waals surface area contributed by atoms with E-state index in [4.69, 9.17) is 0 Å². The van der Waals surface area contributed by atoms with Crippen molar-refractivity contribution in [3.8, 4) is 0 Å². The molecule has 0 fully saturated rings. The Morgan fingerprint density at radius 2 is 1.13 bits per heavy atom. The summed E-state index contributed by atoms with van der Waals surface area (Å²) >= 11 is 0. The quantitative estimate of drug-likeness (QED) is 0.309. The molecule has 0 saturated heterocycles. The second kappa shape index (κ2) is 18.4. The van der Waals surface area contributed by atoms with Crippen molar-refractivity contribution in [2.24, 2.45) is 0 Å². The maximum absolute atomic E-state index is 10.8. The molecule has 0 rings (SSSR count). The van der Waals surface area contributed by atoms with Gasteiger partial charge in [0, 0.05) is 0 Å². The average molecular weight is 370 g/mol. The van der Waals surface area contributed by atoms with Crippen molar-refractivity contribution in [3.05, 3.63) is 0 Å². The van der Waals surface area contributed by atoms with Crippen molar-refractivity contribution in [1.82, 2.24) is 0 Å². The molecular formula is C18H37Cl2NO2-2. The van der Waals surface area contributed by atoms with Crippen molar-refractivity contribution >= 4 is 5.97 Å². The Hall–Kier alpha value is 0.01000. The Bertz CT molecular complexity index is 261. The molecule has 3 nitrogen and oxygen atoms in total. The highest BCUT2D eigenvalue weighted by atomic mass is 35.5. The Balaban J connectivity index is -0.00000200. The van der Waals surface area contributed by atoms with Gasteiger partial charge in [-0.05, 0) is 26.7 Å². The lowest BCUT2D eigenvalue weighted by Gasteiger charge is -2.23. The standard InChI is InChI=1S/C18H37NO2.2ClH/c1-4-5-6-7-8-9-10-11-12-13-14-15-16-19-18(2,3)17(20)21;;/h19H,4-16H2,1-3H3,(H,20,21);2*1H/p-2. The fourth-order valence-electron chi connectivity index (χ4n) is 2.53. The Morgan fingerprint density at radius 1 is 0.783 bits per heavy atom. The Morgan fingerprint density at radius 3 is 1.48 bits per heavy atom. The lowest BCUT2D eigenvalue weighted by molar-refractivity contribution is -0.713. The number of carboxylic acid groups (broad SMARTS) is 1. The third-order valence-electron chi connectivity index (χ3n) is 4.24. The zero-order valence-electron chi connectivity index (χ0n) is 15.3. The van der Waals surface area contributed by atoms with Gasteiger partial charge in [-0.3, -0.25) is 0 Å². The van der Waals surface area contributed by atoms with Crippen LogP contribution in [0.2, 0.25) is 0 Å². The van der Waals surface area contributed by atoms with E-state index >= 15 is 0 Å². The zero-order valence-corrected chi connectivity index (χ0v) is 16.9. The van der Waals surface area contributed by atoms with Crippen molar-refractivity contribution in [2.45, 2.75) is 103 Å². The number of hydrogen-bond donors (Lipinski definition) is 1. The summed E-state index contributed by atoms with van der Waals surface area (Å²) in [6.45, 7) is 6.57. The van der Waals surface area contributed by atoms with E-state index in [9.17, 15) is 9.90 Å². The monoisotopic (exact) mass is 369 g/mol. The van der Waals surface area contributed by atoms with Crippen molar-refractivity contribution in [1.29, 1.82) is 0 Å². The predicted octanol–water partition coefficient (Wildman–Crippen LogP) is -3.21. The maximum Gasteiger partial charge on any atom is 0.130 e. The van der Waals surface area contributed by atoms with E-state index in [0.717, 1.165) is 13.0 Å². The van der Waals surface area contributed by atoms with E-state index in [1.807, 2.05) is 5.32 Å². The number of halogens is 2. The highest BCUT2D eigenvalue weighted by Gasteiger charge is 2.21. The van der Waals surface area contributed by atoms with E-state index < -0.39 is 11.5 Å². The third kappa shape index (κ3) is 18.2. The summed E-state index contributed by atoms with van der Waals surface area (Å²) in [5.41, 5.74) is -0.780. The van der Waals surface area contributed by atoms with Crippen LogP contribution in [0.25, 0.3) is 0 Å². The van der Waals surface area contributed by atoms with Crippen molar-refractivity contribution in [2.75, 3.05) is 6.54 Å². The molecule has 0 aromatic heterocycles. The largest absolute Gasteiger partial charge is 1.00 e. The molecule has 0 aromatic rings. The van der Waals surface area contributed by atoms with Gasteiger partial charge in [0.1, 0.15) is 11.5 Å². The lowest BCUT2D eigenvalue weighted by Crippen LogP contribution is -3.00. The minimum atomic E-state index is -0.971. The van der Waals surface area contributed by atoms with E-state index in [0.29, 0.717) is 0 Å². The SMILES string of the molecule is CCCCCCCCCCCCCC[NH2+]C(C)(C)C(=O)[O-].[Cl-].[Cl-]. The van der Waals surface area contributed by atoms with Gasteiger partial charge >= 0.3 is 0 Å². The smallest absolute Gasteiger partial charge is 0.130 e. The normalized spacial score (nSPS) is 10.7. The molecule has 142 valence electrons. The van der Waals surface area contributed by atoms with E-state index in [1.54, 1.807) is 13.8 Å². The number of aliphatic carboxylic acids is 1. The molecule has 0 aliphatic carbocycles. The van der Waals surface area contributed by atoms with Crippen molar-refractivity contribution in [3.63, 3.8) is 0 Å². The lowest BCUT2D eigenvalue weighted by atomic mass is 10.0. The first-order chi connectivity index (χ1) is 10.0. The number of carbonyl (C=O) groups excluding carboxylic acids is 1. The van der Waals surface area contributed by atoms with E-state index in [-0.39, 0.29) is 24.8 Å². The number of carbonyl (C=O) groups is 1. The summed E-state index contributed by atoms with van der Waals surface area (Å²) < 4.78 is 0. The third-order valence-corrected chi connectivity index (χ3v) is 4.24. The van der Waals surface area contributed by atoms with E-state index in [1.165, 1.54) is 70.6 Å². The molecule has 5 heteroatoms. The summed E-state index contributed by atoms with van der Waals surface area (Å²) in [5.74, 6) is -0.971. The van der Waals surface area contributed by atoms with Crippen LogP contribution in [0.4, 0.5) is 0 Å². The van der Waals surface area contributed by atoms with Gasteiger partial charge in [0.25, 0.3) is 0 Å². The molecule has 23 heavy (non-hydrogen) atoms. The fraction of sp³-hybridized carbons (Fsp3) is 0.944. The van der Waals surface area contributed by atoms with Crippen LogP contribution in [-0.4, -0.2) is 18.1 Å². The summed E-state index contributed by atoms with van der Waals surface area (Å²) in [5, 5.41) is 12.7. The van der Waals surface area contributed by atoms with Gasteiger partial charge in [0.15, 0.2) is 0 Å². The number of unbranched alkanes of at least 4 members (excludes halogenated alkanes) is 11. The Kier molecular flexibility index (Phi) is 22.2. The number of nitrogens with two attached hydrogens (primary N) is 1. The minimum Gasteiger partial charge on any atom is -1.00 e. The van der Waals surface area contributed by atoms with Gasteiger partial charge < -0.3 is 40.0 Å². The van der Waals surface area contributed by atoms with E-state index in [2.05, 4.69) is 6.92 Å². The van der Waals surface area contributed by atoms with Crippen LogP contribution in [0, 0.1) is 0 Å². The second-order valence-corrected chi connectivity index (χ2v) is 6.89. The molecule has 2 N–H and O–H groups in total. The minimum absolute atomic E-state index is 0. The zero-order chi connectivity index (χ0) is 16.0. The number of carboxylic acids is 1. The first-order valence-electron chi connectivity index (χ1n) is 9.06. The van der Waals surface area contributed by atoms with Gasteiger partial charge in [-0.1, -0.05) is 71.1 Å². The molecule has 0 atom stereocenters. The average Bonchev–Trinajstić information content (AvgIpc) is 2.43. The van der Waals surface area contributed by atoms with Gasteiger partial charge in [-0.2, -0.15) is 0 Å². The van der Waals surface area contributed by atoms with Gasteiger partial charge in [-0.15, -0.1) is 0 Å². The summed E-state index contributed by atoms with van der Waals surface area (Å²) in [6.07, 6.45) is 16.1. The fourth-order valence-corrected chi connectivity index (χ4v) is 2.53. The van der Waals surface area contributed by atoms with Gasteiger partial charge in [0.05, 0.1) is 6.54 Å². The van der Waals surface area contributed by atoms with Gasteiger partial charge in [0.2, 0.25) is 0 Å². The van der Waals surface area contributed by atoms with Crippen LogP contribution in [0.1, 0.15) is 97.8 Å². The van der Waals surface area contributed by atoms with Crippen LogP contribution in [0.15, 0.2) is 0 Å². The van der Waals surface area contributed by atoms with Gasteiger partial charge in [-0.25, -0.2) is 0 Å². The Labute approximate surface area is 156 Å². The van der Waals surface area contributed by atoms with Crippen LogP contribution in [0.5, 0.6) is 0 Å².